The van der Waals surface area contributed by atoms with Crippen molar-refractivity contribution in [1.82, 2.24) is 0 Å². The summed E-state index contributed by atoms with van der Waals surface area (Å²) in [6, 6.07) is 4.50. The first-order chi connectivity index (χ1) is 11.0. The van der Waals surface area contributed by atoms with Crippen molar-refractivity contribution in [2.45, 2.75) is 24.6 Å². The standard InChI is InChI=1S/C15H18O8/c1-21-10-6-8(2-4-9(10)17)3-5-12(18)23-15-14(20)13(19)11(7-16)22-15/h2-6,11,13-17,19-20H,7H2,1H3/b5-3+/t11-,13-,14+,15?/m1/s1. The number of aliphatic hydroxyl groups is 3. The normalized spacial score (nSPS) is 27.3. The molecule has 1 aromatic rings. The molecule has 23 heavy (non-hydrogen) atoms. The van der Waals surface area contributed by atoms with E-state index in [2.05, 4.69) is 0 Å². The minimum absolute atomic E-state index is 0.0289. The third kappa shape index (κ3) is 3.99. The molecule has 0 bridgehead atoms. The number of hydrogen-bond donors (Lipinski definition) is 4. The van der Waals surface area contributed by atoms with E-state index in [0.29, 0.717) is 5.56 Å². The Bertz CT molecular complexity index is 585. The minimum Gasteiger partial charge on any atom is -0.504 e. The number of hydrogen-bond acceptors (Lipinski definition) is 8. The largest absolute Gasteiger partial charge is 0.504 e. The third-order valence-electron chi connectivity index (χ3n) is 3.35. The molecule has 0 aliphatic carbocycles. The second-order valence-corrected chi connectivity index (χ2v) is 4.91. The van der Waals surface area contributed by atoms with Crippen LogP contribution in [0.2, 0.25) is 0 Å². The van der Waals surface area contributed by atoms with Gasteiger partial charge in [-0.05, 0) is 23.8 Å². The van der Waals surface area contributed by atoms with Crippen LogP contribution in [0.3, 0.4) is 0 Å². The van der Waals surface area contributed by atoms with Gasteiger partial charge in [0.05, 0.1) is 13.7 Å². The first-order valence-corrected chi connectivity index (χ1v) is 6.84. The lowest BCUT2D eigenvalue weighted by Gasteiger charge is -2.13. The van der Waals surface area contributed by atoms with Gasteiger partial charge in [0.25, 0.3) is 0 Å². The molecule has 0 radical (unpaired) electrons. The fraction of sp³-hybridized carbons (Fsp3) is 0.400. The molecule has 126 valence electrons. The zero-order valence-electron chi connectivity index (χ0n) is 12.3. The van der Waals surface area contributed by atoms with Crippen LogP contribution in [0.4, 0.5) is 0 Å². The van der Waals surface area contributed by atoms with E-state index in [-0.39, 0.29) is 11.5 Å². The maximum Gasteiger partial charge on any atom is 0.333 e. The molecule has 1 saturated heterocycles. The van der Waals surface area contributed by atoms with Gasteiger partial charge in [-0.15, -0.1) is 0 Å². The average molecular weight is 326 g/mol. The molecule has 8 nitrogen and oxygen atoms in total. The Morgan fingerprint density at radius 1 is 1.35 bits per heavy atom. The van der Waals surface area contributed by atoms with Gasteiger partial charge in [-0.1, -0.05) is 6.07 Å². The summed E-state index contributed by atoms with van der Waals surface area (Å²) in [5, 5.41) is 37.6. The number of aromatic hydroxyl groups is 1. The second-order valence-electron chi connectivity index (χ2n) is 4.91. The lowest BCUT2D eigenvalue weighted by Crippen LogP contribution is -2.35. The Morgan fingerprint density at radius 3 is 2.70 bits per heavy atom. The number of benzene rings is 1. The summed E-state index contributed by atoms with van der Waals surface area (Å²) < 4.78 is 14.9. The Morgan fingerprint density at radius 2 is 2.09 bits per heavy atom. The summed E-state index contributed by atoms with van der Waals surface area (Å²) in [7, 11) is 1.40. The number of rotatable bonds is 5. The summed E-state index contributed by atoms with van der Waals surface area (Å²) in [6.45, 7) is -0.505. The molecule has 1 aliphatic rings. The van der Waals surface area contributed by atoms with Crippen molar-refractivity contribution in [3.8, 4) is 11.5 Å². The fourth-order valence-electron chi connectivity index (χ4n) is 2.08. The lowest BCUT2D eigenvalue weighted by molar-refractivity contribution is -0.184. The Balaban J connectivity index is 1.97. The van der Waals surface area contributed by atoms with Gasteiger partial charge in [0.2, 0.25) is 6.29 Å². The molecule has 0 amide bonds. The number of phenolic OH excluding ortho intramolecular Hbond substituents is 1. The lowest BCUT2D eigenvalue weighted by atomic mass is 10.1. The van der Waals surface area contributed by atoms with E-state index in [9.17, 15) is 20.1 Å². The van der Waals surface area contributed by atoms with Crippen molar-refractivity contribution in [2.24, 2.45) is 0 Å². The van der Waals surface area contributed by atoms with Gasteiger partial charge in [0.15, 0.2) is 11.5 Å². The Kier molecular flexibility index (Phi) is 5.56. The van der Waals surface area contributed by atoms with E-state index in [1.165, 1.54) is 25.3 Å². The zero-order chi connectivity index (χ0) is 17.0. The van der Waals surface area contributed by atoms with Crippen LogP contribution < -0.4 is 4.74 Å². The van der Waals surface area contributed by atoms with Crippen molar-refractivity contribution in [2.75, 3.05) is 13.7 Å². The molecule has 0 spiro atoms. The molecule has 2 rings (SSSR count). The SMILES string of the molecule is COc1cc(/C=C/C(=O)OC2O[C@H](CO)[C@@H](O)[C@@H]2O)ccc1O. The highest BCUT2D eigenvalue weighted by Gasteiger charge is 2.44. The van der Waals surface area contributed by atoms with Crippen molar-refractivity contribution in [3.63, 3.8) is 0 Å². The predicted molar refractivity (Wildman–Crippen MR) is 77.5 cm³/mol. The highest BCUT2D eigenvalue weighted by Crippen LogP contribution is 2.27. The quantitative estimate of drug-likeness (QED) is 0.417. The van der Waals surface area contributed by atoms with Gasteiger partial charge < -0.3 is 34.6 Å². The summed E-state index contributed by atoms with van der Waals surface area (Å²) in [5.41, 5.74) is 0.581. The molecular weight excluding hydrogens is 308 g/mol. The Labute approximate surface area is 132 Å². The number of esters is 1. The maximum absolute atomic E-state index is 11.7. The highest BCUT2D eigenvalue weighted by molar-refractivity contribution is 5.87. The molecule has 4 N–H and O–H groups in total. The molecule has 1 fully saturated rings. The van der Waals surface area contributed by atoms with Crippen LogP contribution in [0.1, 0.15) is 5.56 Å². The molecule has 1 unspecified atom stereocenters. The van der Waals surface area contributed by atoms with Gasteiger partial charge in [-0.2, -0.15) is 0 Å². The molecule has 8 heteroatoms. The molecule has 4 atom stereocenters. The molecule has 1 heterocycles. The summed E-state index contributed by atoms with van der Waals surface area (Å²) in [5.74, 6) is -0.574. The van der Waals surface area contributed by atoms with Gasteiger partial charge >= 0.3 is 5.97 Å². The summed E-state index contributed by atoms with van der Waals surface area (Å²) in [6.07, 6.45) is -2.60. The van der Waals surface area contributed by atoms with Gasteiger partial charge in [0, 0.05) is 6.08 Å². The zero-order valence-corrected chi connectivity index (χ0v) is 12.3. The third-order valence-corrected chi connectivity index (χ3v) is 3.35. The number of aliphatic hydroxyl groups excluding tert-OH is 3. The van der Waals surface area contributed by atoms with E-state index in [0.717, 1.165) is 6.08 Å². The van der Waals surface area contributed by atoms with Crippen LogP contribution in [0, 0.1) is 0 Å². The number of phenols is 1. The van der Waals surface area contributed by atoms with Crippen LogP contribution in [-0.2, 0) is 14.3 Å². The second kappa shape index (κ2) is 7.42. The van der Waals surface area contributed by atoms with Crippen LogP contribution in [0.5, 0.6) is 11.5 Å². The average Bonchev–Trinajstić information content (AvgIpc) is 2.82. The fourth-order valence-corrected chi connectivity index (χ4v) is 2.08. The predicted octanol–water partition coefficient (Wildman–Crippen LogP) is -0.604. The highest BCUT2D eigenvalue weighted by atomic mass is 16.7. The topological polar surface area (TPSA) is 126 Å². The van der Waals surface area contributed by atoms with E-state index < -0.39 is 37.2 Å². The van der Waals surface area contributed by atoms with Crippen molar-refractivity contribution >= 4 is 12.0 Å². The first kappa shape index (κ1) is 17.2. The van der Waals surface area contributed by atoms with E-state index in [4.69, 9.17) is 19.3 Å². The number of ether oxygens (including phenoxy) is 3. The number of carbonyl (C=O) groups excluding carboxylic acids is 1. The van der Waals surface area contributed by atoms with E-state index in [1.54, 1.807) is 6.07 Å². The van der Waals surface area contributed by atoms with E-state index >= 15 is 0 Å². The Hall–Kier alpha value is -2.13. The van der Waals surface area contributed by atoms with Crippen LogP contribution >= 0.6 is 0 Å². The molecule has 0 aromatic heterocycles. The summed E-state index contributed by atoms with van der Waals surface area (Å²) >= 11 is 0. The minimum atomic E-state index is -1.43. The number of carbonyl (C=O) groups is 1. The van der Waals surface area contributed by atoms with Crippen LogP contribution in [0.15, 0.2) is 24.3 Å². The van der Waals surface area contributed by atoms with Gasteiger partial charge in [-0.3, -0.25) is 0 Å². The van der Waals surface area contributed by atoms with Gasteiger partial charge in [0.1, 0.15) is 18.3 Å². The van der Waals surface area contributed by atoms with Crippen molar-refractivity contribution in [1.29, 1.82) is 0 Å². The van der Waals surface area contributed by atoms with Crippen molar-refractivity contribution in [3.05, 3.63) is 29.8 Å². The van der Waals surface area contributed by atoms with Gasteiger partial charge in [-0.25, -0.2) is 4.79 Å². The number of methoxy groups -OCH3 is 1. The first-order valence-electron chi connectivity index (χ1n) is 6.84. The smallest absolute Gasteiger partial charge is 0.333 e. The molecule has 0 saturated carbocycles. The van der Waals surface area contributed by atoms with E-state index in [1.807, 2.05) is 0 Å². The monoisotopic (exact) mass is 326 g/mol. The molecule has 1 aromatic carbocycles. The van der Waals surface area contributed by atoms with Crippen molar-refractivity contribution < 1.29 is 39.4 Å². The summed E-state index contributed by atoms with van der Waals surface area (Å²) in [4.78, 5) is 11.7. The van der Waals surface area contributed by atoms with Crippen LogP contribution in [0.25, 0.3) is 6.08 Å². The van der Waals surface area contributed by atoms with Crippen LogP contribution in [-0.4, -0.2) is 64.7 Å². The molecule has 1 aliphatic heterocycles. The maximum atomic E-state index is 11.7. The molecular formula is C15H18O8.